The van der Waals surface area contributed by atoms with E-state index in [-0.39, 0.29) is 10.8 Å². The molecule has 1 aromatic rings. The molecule has 0 aliphatic carbocycles. The molecular weight excluding hydrogens is 278 g/mol. The van der Waals surface area contributed by atoms with Crippen LogP contribution >= 0.6 is 0 Å². The van der Waals surface area contributed by atoms with Gasteiger partial charge in [0.15, 0.2) is 14.1 Å². The van der Waals surface area contributed by atoms with E-state index in [2.05, 4.69) is 19.2 Å². The highest BCUT2D eigenvalue weighted by atomic mass is 28.4. The first-order valence-electron chi connectivity index (χ1n) is 7.46. The molecule has 0 radical (unpaired) electrons. The summed E-state index contributed by atoms with van der Waals surface area (Å²) in [5, 5.41) is 3.15. The van der Waals surface area contributed by atoms with Crippen molar-refractivity contribution in [2.45, 2.75) is 44.8 Å². The highest BCUT2D eigenvalue weighted by Crippen LogP contribution is 2.39. The Kier molecular flexibility index (Phi) is 6.36. The first-order valence-corrected chi connectivity index (χ1v) is 10.4. The van der Waals surface area contributed by atoms with Crippen LogP contribution in [0.2, 0.25) is 18.1 Å². The predicted octanol–water partition coefficient (Wildman–Crippen LogP) is 3.73. The third kappa shape index (κ3) is 5.85. The predicted molar refractivity (Wildman–Crippen MR) is 90.9 cm³/mol. The third-order valence-electron chi connectivity index (χ3n) is 4.19. The van der Waals surface area contributed by atoms with E-state index in [1.807, 2.05) is 43.4 Å². The molecule has 1 aromatic carbocycles. The molecule has 0 amide bonds. The Morgan fingerprint density at radius 1 is 1.29 bits per heavy atom. The van der Waals surface area contributed by atoms with Gasteiger partial charge in [0.05, 0.1) is 0 Å². The smallest absolute Gasteiger partial charge is 0.188 e. The Balaban J connectivity index is 2.29. The van der Waals surface area contributed by atoms with Gasteiger partial charge in [-0.25, -0.2) is 0 Å². The number of rotatable bonds is 8. The molecule has 2 N–H and O–H groups in total. The maximum atomic E-state index is 11.8. The lowest BCUT2D eigenvalue weighted by atomic mass is 10.1. The number of hydrogen-bond acceptors (Lipinski definition) is 3. The van der Waals surface area contributed by atoms with Crippen molar-refractivity contribution in [2.75, 3.05) is 6.54 Å². The first kappa shape index (κ1) is 17.7. The van der Waals surface area contributed by atoms with Crippen molar-refractivity contribution in [3.8, 4) is 0 Å². The van der Waals surface area contributed by atoms with Gasteiger partial charge in [0.2, 0.25) is 0 Å². The second kappa shape index (κ2) is 7.57. The highest BCUT2D eigenvalue weighted by Gasteiger charge is 2.37. The molecular formula is C17H27NO2Si. The van der Waals surface area contributed by atoms with Crippen molar-refractivity contribution >= 4 is 14.1 Å². The van der Waals surface area contributed by atoms with E-state index >= 15 is 0 Å². The summed E-state index contributed by atoms with van der Waals surface area (Å²) in [6.45, 7) is 9.05. The standard InChI is InChI=1S/C17H27NO2Si/c1-17(2,21(3,4)20)12-8-13-18-14-11-16(19)15-9-6-5-7-10-15/h5-7,9-11,14,18,20H,8,12-13H2,1-4H3/b14-11-. The van der Waals surface area contributed by atoms with Gasteiger partial charge in [0.25, 0.3) is 0 Å². The summed E-state index contributed by atoms with van der Waals surface area (Å²) in [5.41, 5.74) is 0.699. The molecule has 0 saturated carbocycles. The van der Waals surface area contributed by atoms with Crippen LogP contribution < -0.4 is 5.32 Å². The first-order chi connectivity index (χ1) is 9.74. The molecule has 0 spiro atoms. The van der Waals surface area contributed by atoms with Gasteiger partial charge in [-0.1, -0.05) is 44.2 Å². The minimum absolute atomic E-state index is 0.00679. The fourth-order valence-electron chi connectivity index (χ4n) is 1.85. The molecule has 1 rings (SSSR count). The average Bonchev–Trinajstić information content (AvgIpc) is 2.42. The Hall–Kier alpha value is -1.39. The van der Waals surface area contributed by atoms with Crippen LogP contribution in [0.1, 0.15) is 37.0 Å². The minimum Gasteiger partial charge on any atom is -0.432 e. The van der Waals surface area contributed by atoms with Crippen LogP contribution in [0, 0.1) is 0 Å². The van der Waals surface area contributed by atoms with E-state index in [9.17, 15) is 9.59 Å². The number of ketones is 1. The third-order valence-corrected chi connectivity index (χ3v) is 7.75. The lowest BCUT2D eigenvalue weighted by Crippen LogP contribution is -2.39. The molecule has 0 aliphatic rings. The summed E-state index contributed by atoms with van der Waals surface area (Å²) in [7, 11) is -2.12. The molecule has 0 aliphatic heterocycles. The van der Waals surface area contributed by atoms with E-state index in [0.29, 0.717) is 5.56 Å². The van der Waals surface area contributed by atoms with Crippen molar-refractivity contribution in [1.29, 1.82) is 0 Å². The molecule has 21 heavy (non-hydrogen) atoms. The molecule has 0 aromatic heterocycles. The molecule has 0 unspecified atom stereocenters. The second-order valence-corrected chi connectivity index (χ2v) is 11.0. The van der Waals surface area contributed by atoms with Crippen LogP contribution in [0.4, 0.5) is 0 Å². The van der Waals surface area contributed by atoms with E-state index < -0.39 is 8.32 Å². The molecule has 3 nitrogen and oxygen atoms in total. The van der Waals surface area contributed by atoms with Crippen molar-refractivity contribution in [3.63, 3.8) is 0 Å². The monoisotopic (exact) mass is 305 g/mol. The normalized spacial score (nSPS) is 12.6. The topological polar surface area (TPSA) is 49.3 Å². The summed E-state index contributed by atoms with van der Waals surface area (Å²) in [6, 6.07) is 9.23. The fourth-order valence-corrected chi connectivity index (χ4v) is 2.64. The number of benzene rings is 1. The van der Waals surface area contributed by atoms with Crippen LogP contribution in [0.5, 0.6) is 0 Å². The Morgan fingerprint density at radius 2 is 1.90 bits per heavy atom. The fraction of sp³-hybridized carbons (Fsp3) is 0.471. The SMILES string of the molecule is CC(C)(CCCN/C=C\C(=O)c1ccccc1)[Si](C)(C)O. The molecule has 0 bridgehead atoms. The second-order valence-electron chi connectivity index (χ2n) is 6.56. The number of carbonyl (C=O) groups excluding carboxylic acids is 1. The van der Waals surface area contributed by atoms with Gasteiger partial charge in [-0.3, -0.25) is 4.79 Å². The van der Waals surface area contributed by atoms with E-state index in [0.717, 1.165) is 19.4 Å². The summed E-state index contributed by atoms with van der Waals surface area (Å²) >= 11 is 0. The minimum atomic E-state index is -2.12. The van der Waals surface area contributed by atoms with Crippen LogP contribution in [-0.2, 0) is 0 Å². The van der Waals surface area contributed by atoms with Gasteiger partial charge in [0, 0.05) is 24.4 Å². The van der Waals surface area contributed by atoms with E-state index in [4.69, 9.17) is 0 Å². The summed E-state index contributed by atoms with van der Waals surface area (Å²) in [4.78, 5) is 22.0. The molecule has 0 atom stereocenters. The van der Waals surface area contributed by atoms with Gasteiger partial charge in [-0.2, -0.15) is 0 Å². The molecule has 0 saturated heterocycles. The molecule has 0 fully saturated rings. The number of nitrogens with one attached hydrogen (secondary N) is 1. The van der Waals surface area contributed by atoms with Crippen molar-refractivity contribution in [3.05, 3.63) is 48.2 Å². The Bertz CT molecular complexity index is 475. The number of allylic oxidation sites excluding steroid dienone is 1. The maximum absolute atomic E-state index is 11.8. The summed E-state index contributed by atoms with van der Waals surface area (Å²) in [5.74, 6) is 0.00679. The van der Waals surface area contributed by atoms with Crippen LogP contribution in [-0.4, -0.2) is 25.4 Å². The lowest BCUT2D eigenvalue weighted by Gasteiger charge is -2.35. The van der Waals surface area contributed by atoms with Gasteiger partial charge >= 0.3 is 0 Å². The summed E-state index contributed by atoms with van der Waals surface area (Å²) < 4.78 is 0. The zero-order chi connectivity index (χ0) is 15.9. The highest BCUT2D eigenvalue weighted by molar-refractivity contribution is 6.72. The zero-order valence-electron chi connectivity index (χ0n) is 13.5. The van der Waals surface area contributed by atoms with Crippen molar-refractivity contribution in [1.82, 2.24) is 5.32 Å². The van der Waals surface area contributed by atoms with Gasteiger partial charge in [-0.15, -0.1) is 0 Å². The van der Waals surface area contributed by atoms with Crippen LogP contribution in [0.25, 0.3) is 0 Å². The lowest BCUT2D eigenvalue weighted by molar-refractivity contribution is 0.104. The van der Waals surface area contributed by atoms with E-state index in [1.54, 1.807) is 12.3 Å². The average molecular weight is 305 g/mol. The zero-order valence-corrected chi connectivity index (χ0v) is 14.5. The number of carbonyl (C=O) groups is 1. The molecule has 116 valence electrons. The molecule has 4 heteroatoms. The van der Waals surface area contributed by atoms with Gasteiger partial charge in [0.1, 0.15) is 0 Å². The van der Waals surface area contributed by atoms with Crippen LogP contribution in [0.15, 0.2) is 42.6 Å². The Morgan fingerprint density at radius 3 is 2.48 bits per heavy atom. The largest absolute Gasteiger partial charge is 0.432 e. The van der Waals surface area contributed by atoms with Crippen LogP contribution in [0.3, 0.4) is 0 Å². The quantitative estimate of drug-likeness (QED) is 0.333. The van der Waals surface area contributed by atoms with E-state index in [1.165, 1.54) is 0 Å². The summed E-state index contributed by atoms with van der Waals surface area (Å²) in [6.07, 6.45) is 5.24. The van der Waals surface area contributed by atoms with Crippen molar-refractivity contribution < 1.29 is 9.59 Å². The van der Waals surface area contributed by atoms with Gasteiger partial charge in [-0.05, 0) is 31.0 Å². The van der Waals surface area contributed by atoms with Gasteiger partial charge < -0.3 is 10.1 Å². The maximum Gasteiger partial charge on any atom is 0.188 e. The van der Waals surface area contributed by atoms with Crippen molar-refractivity contribution in [2.24, 2.45) is 0 Å². The number of hydrogen-bond donors (Lipinski definition) is 2. The Labute approximate surface area is 129 Å². The molecule has 0 heterocycles.